The van der Waals surface area contributed by atoms with Crippen molar-refractivity contribution in [2.45, 2.75) is 6.42 Å². The second-order valence-electron chi connectivity index (χ2n) is 3.20. The van der Waals surface area contributed by atoms with Crippen molar-refractivity contribution in [1.82, 2.24) is 9.97 Å². The summed E-state index contributed by atoms with van der Waals surface area (Å²) in [5, 5.41) is 0. The van der Waals surface area contributed by atoms with Gasteiger partial charge in [-0.1, -0.05) is 0 Å². The molecule has 2 heterocycles. The molecule has 4 nitrogen and oxygen atoms in total. The number of hydrogen-bond acceptors (Lipinski definition) is 4. The fraction of sp³-hybridized carbons (Fsp3) is 0.0833. The fourth-order valence-corrected chi connectivity index (χ4v) is 1.41. The van der Waals surface area contributed by atoms with Crippen LogP contribution in [0.4, 0.5) is 5.69 Å². The SMILES string of the molecule is O=C=Nc1cccnc1Cc1ccncc1. The minimum Gasteiger partial charge on any atom is -0.265 e. The van der Waals surface area contributed by atoms with Gasteiger partial charge in [0.25, 0.3) is 0 Å². The van der Waals surface area contributed by atoms with Gasteiger partial charge >= 0.3 is 0 Å². The molecule has 0 radical (unpaired) electrons. The molecule has 0 atom stereocenters. The Kier molecular flexibility index (Phi) is 3.16. The van der Waals surface area contributed by atoms with Crippen molar-refractivity contribution in [3.05, 3.63) is 54.1 Å². The third kappa shape index (κ3) is 2.38. The maximum atomic E-state index is 10.2. The summed E-state index contributed by atoms with van der Waals surface area (Å²) in [6.45, 7) is 0. The molecule has 0 spiro atoms. The summed E-state index contributed by atoms with van der Waals surface area (Å²) in [7, 11) is 0. The maximum absolute atomic E-state index is 10.2. The largest absolute Gasteiger partial charge is 0.265 e. The molecule has 0 N–H and O–H groups in total. The van der Waals surface area contributed by atoms with Gasteiger partial charge in [-0.05, 0) is 29.8 Å². The van der Waals surface area contributed by atoms with E-state index in [4.69, 9.17) is 0 Å². The first kappa shape index (κ1) is 10.2. The van der Waals surface area contributed by atoms with Crippen LogP contribution in [0.1, 0.15) is 11.3 Å². The van der Waals surface area contributed by atoms with Crippen molar-refractivity contribution in [2.75, 3.05) is 0 Å². The number of hydrogen-bond donors (Lipinski definition) is 0. The van der Waals surface area contributed by atoms with Crippen LogP contribution in [0.5, 0.6) is 0 Å². The van der Waals surface area contributed by atoms with Crippen LogP contribution < -0.4 is 0 Å². The molecule has 0 aromatic carbocycles. The first-order chi connectivity index (χ1) is 7.90. The molecule has 0 aliphatic rings. The Morgan fingerprint density at radius 1 is 1.19 bits per heavy atom. The fourth-order valence-electron chi connectivity index (χ4n) is 1.41. The van der Waals surface area contributed by atoms with E-state index in [1.807, 2.05) is 12.1 Å². The van der Waals surface area contributed by atoms with E-state index in [0.717, 1.165) is 11.3 Å². The number of isocyanates is 1. The van der Waals surface area contributed by atoms with Gasteiger partial charge in [-0.2, -0.15) is 4.99 Å². The number of rotatable bonds is 3. The molecule has 0 bridgehead atoms. The molecule has 0 aliphatic heterocycles. The number of pyridine rings is 2. The zero-order chi connectivity index (χ0) is 11.2. The van der Waals surface area contributed by atoms with Gasteiger partial charge in [0.2, 0.25) is 6.08 Å². The van der Waals surface area contributed by atoms with E-state index in [9.17, 15) is 4.79 Å². The highest BCUT2D eigenvalue weighted by Crippen LogP contribution is 2.18. The maximum Gasteiger partial charge on any atom is 0.240 e. The van der Waals surface area contributed by atoms with E-state index in [1.54, 1.807) is 30.7 Å². The van der Waals surface area contributed by atoms with Gasteiger partial charge in [0, 0.05) is 25.0 Å². The minimum atomic E-state index is 0.564. The molecule has 0 saturated heterocycles. The van der Waals surface area contributed by atoms with Crippen LogP contribution in [0.3, 0.4) is 0 Å². The number of aromatic nitrogens is 2. The molecule has 0 aliphatic carbocycles. The Hall–Kier alpha value is -2.32. The Labute approximate surface area is 92.7 Å². The van der Waals surface area contributed by atoms with Crippen LogP contribution in [0.15, 0.2) is 47.8 Å². The Morgan fingerprint density at radius 2 is 2.00 bits per heavy atom. The van der Waals surface area contributed by atoms with E-state index in [2.05, 4.69) is 15.0 Å². The molecule has 0 fully saturated rings. The van der Waals surface area contributed by atoms with Crippen molar-refractivity contribution in [1.29, 1.82) is 0 Å². The van der Waals surface area contributed by atoms with Gasteiger partial charge in [0.1, 0.15) is 0 Å². The topological polar surface area (TPSA) is 55.2 Å². The van der Waals surface area contributed by atoms with Gasteiger partial charge in [-0.3, -0.25) is 9.97 Å². The summed E-state index contributed by atoms with van der Waals surface area (Å²) in [5.74, 6) is 0. The number of carbonyl (C=O) groups excluding carboxylic acids is 1. The Morgan fingerprint density at radius 3 is 2.75 bits per heavy atom. The highest BCUT2D eigenvalue weighted by molar-refractivity contribution is 5.52. The predicted octanol–water partition coefficient (Wildman–Crippen LogP) is 2.03. The first-order valence-electron chi connectivity index (χ1n) is 4.81. The van der Waals surface area contributed by atoms with Crippen molar-refractivity contribution >= 4 is 11.8 Å². The molecule has 2 aromatic heterocycles. The number of aliphatic imine (C=N–C) groups is 1. The van der Waals surface area contributed by atoms with Crippen molar-refractivity contribution in [3.8, 4) is 0 Å². The molecular weight excluding hydrogens is 202 g/mol. The molecule has 0 unspecified atom stereocenters. The summed E-state index contributed by atoms with van der Waals surface area (Å²) < 4.78 is 0. The van der Waals surface area contributed by atoms with Gasteiger partial charge < -0.3 is 0 Å². The molecule has 2 rings (SSSR count). The molecule has 16 heavy (non-hydrogen) atoms. The average molecular weight is 211 g/mol. The second kappa shape index (κ2) is 4.96. The Bertz CT molecular complexity index is 519. The third-order valence-electron chi connectivity index (χ3n) is 2.15. The Balaban J connectivity index is 2.31. The molecule has 4 heteroatoms. The zero-order valence-corrected chi connectivity index (χ0v) is 8.50. The van der Waals surface area contributed by atoms with Crippen LogP contribution >= 0.6 is 0 Å². The zero-order valence-electron chi connectivity index (χ0n) is 8.50. The lowest BCUT2D eigenvalue weighted by Crippen LogP contribution is -1.92. The second-order valence-corrected chi connectivity index (χ2v) is 3.20. The standard InChI is InChI=1S/C12H9N3O/c16-9-15-11-2-1-5-14-12(11)8-10-3-6-13-7-4-10/h1-7H,8H2. The van der Waals surface area contributed by atoms with Gasteiger partial charge in [-0.15, -0.1) is 0 Å². The summed E-state index contributed by atoms with van der Waals surface area (Å²) >= 11 is 0. The molecule has 2 aromatic rings. The van der Waals surface area contributed by atoms with Crippen molar-refractivity contribution in [3.63, 3.8) is 0 Å². The smallest absolute Gasteiger partial charge is 0.240 e. The van der Waals surface area contributed by atoms with E-state index in [1.165, 1.54) is 6.08 Å². The lowest BCUT2D eigenvalue weighted by Gasteiger charge is -2.02. The lowest BCUT2D eigenvalue weighted by atomic mass is 10.1. The van der Waals surface area contributed by atoms with E-state index >= 15 is 0 Å². The molecule has 0 saturated carbocycles. The minimum absolute atomic E-state index is 0.564. The summed E-state index contributed by atoms with van der Waals surface area (Å²) in [5.41, 5.74) is 2.41. The predicted molar refractivity (Wildman–Crippen MR) is 59.1 cm³/mol. The van der Waals surface area contributed by atoms with Crippen molar-refractivity contribution in [2.24, 2.45) is 4.99 Å². The van der Waals surface area contributed by atoms with Crippen LogP contribution in [0, 0.1) is 0 Å². The molecule has 78 valence electrons. The lowest BCUT2D eigenvalue weighted by molar-refractivity contribution is 0.565. The van der Waals surface area contributed by atoms with Crippen LogP contribution in [-0.2, 0) is 11.2 Å². The summed E-state index contributed by atoms with van der Waals surface area (Å²) in [6.07, 6.45) is 7.29. The van der Waals surface area contributed by atoms with Gasteiger partial charge in [-0.25, -0.2) is 4.79 Å². The molecule has 0 amide bonds. The summed E-state index contributed by atoms with van der Waals surface area (Å²) in [6, 6.07) is 7.30. The highest BCUT2D eigenvalue weighted by atomic mass is 16.1. The number of nitrogens with zero attached hydrogens (tertiary/aromatic N) is 3. The van der Waals surface area contributed by atoms with Crippen LogP contribution in [0.25, 0.3) is 0 Å². The molecular formula is C12H9N3O. The van der Waals surface area contributed by atoms with E-state index < -0.39 is 0 Å². The third-order valence-corrected chi connectivity index (χ3v) is 2.15. The van der Waals surface area contributed by atoms with Gasteiger partial charge in [0.05, 0.1) is 11.4 Å². The van der Waals surface area contributed by atoms with Crippen molar-refractivity contribution < 1.29 is 4.79 Å². The normalized spacial score (nSPS) is 9.50. The quantitative estimate of drug-likeness (QED) is 0.576. The summed E-state index contributed by atoms with van der Waals surface area (Å²) in [4.78, 5) is 22.0. The van der Waals surface area contributed by atoms with Gasteiger partial charge in [0.15, 0.2) is 0 Å². The monoisotopic (exact) mass is 211 g/mol. The average Bonchev–Trinajstić information content (AvgIpc) is 2.33. The van der Waals surface area contributed by atoms with Crippen LogP contribution in [0.2, 0.25) is 0 Å². The van der Waals surface area contributed by atoms with Crippen LogP contribution in [-0.4, -0.2) is 16.0 Å². The van der Waals surface area contributed by atoms with E-state index in [-0.39, 0.29) is 0 Å². The van der Waals surface area contributed by atoms with E-state index in [0.29, 0.717) is 12.1 Å². The first-order valence-corrected chi connectivity index (χ1v) is 4.81. The highest BCUT2D eigenvalue weighted by Gasteiger charge is 2.03.